The molecule has 0 aromatic heterocycles. The molecule has 1 N–H and O–H groups in total. The highest BCUT2D eigenvalue weighted by Gasteiger charge is 2.14. The van der Waals surface area contributed by atoms with Crippen molar-refractivity contribution in [3.05, 3.63) is 69.5 Å². The molecule has 112 valence electrons. The summed E-state index contributed by atoms with van der Waals surface area (Å²) in [7, 11) is 0. The monoisotopic (exact) mass is 305 g/mol. The van der Waals surface area contributed by atoms with Gasteiger partial charge in [0.2, 0.25) is 0 Å². The zero-order valence-corrected chi connectivity index (χ0v) is 13.5. The largest absolute Gasteiger partial charge is 0.310 e. The minimum Gasteiger partial charge on any atom is -0.310 e. The maximum Gasteiger partial charge on any atom is 0.127 e. The lowest BCUT2D eigenvalue weighted by Crippen LogP contribution is -2.23. The molecule has 0 bridgehead atoms. The Morgan fingerprint density at radius 1 is 1.10 bits per heavy atom. The maximum absolute atomic E-state index is 14.0. The van der Waals surface area contributed by atoms with Gasteiger partial charge in [0.15, 0.2) is 0 Å². The average Bonchev–Trinajstić information content (AvgIpc) is 2.40. The van der Waals surface area contributed by atoms with Crippen LogP contribution in [0.25, 0.3) is 0 Å². The highest BCUT2D eigenvalue weighted by Crippen LogP contribution is 2.24. The van der Waals surface area contributed by atoms with Crippen molar-refractivity contribution in [3.8, 4) is 0 Å². The smallest absolute Gasteiger partial charge is 0.127 e. The molecular weight excluding hydrogens is 285 g/mol. The van der Waals surface area contributed by atoms with Crippen LogP contribution in [-0.4, -0.2) is 6.54 Å². The van der Waals surface area contributed by atoms with E-state index in [1.165, 1.54) is 22.8 Å². The highest BCUT2D eigenvalue weighted by molar-refractivity contribution is 6.30. The molecule has 2 rings (SSSR count). The van der Waals surface area contributed by atoms with E-state index in [9.17, 15) is 4.39 Å². The van der Waals surface area contributed by atoms with Crippen molar-refractivity contribution in [2.24, 2.45) is 0 Å². The molecule has 2 aromatic rings. The summed E-state index contributed by atoms with van der Waals surface area (Å²) in [6, 6.07) is 11.5. The zero-order valence-electron chi connectivity index (χ0n) is 12.7. The first-order valence-electron chi connectivity index (χ1n) is 7.25. The van der Waals surface area contributed by atoms with Crippen molar-refractivity contribution in [3.63, 3.8) is 0 Å². The van der Waals surface area contributed by atoms with Crippen LogP contribution in [0.5, 0.6) is 0 Å². The SMILES string of the molecule is CCNC(Cc1ccc(Cl)cc1F)c1cc(C)cc(C)c1. The van der Waals surface area contributed by atoms with Crippen LogP contribution in [0.3, 0.4) is 0 Å². The van der Waals surface area contributed by atoms with E-state index < -0.39 is 0 Å². The quantitative estimate of drug-likeness (QED) is 0.820. The number of aryl methyl sites for hydroxylation is 2. The Kier molecular flexibility index (Phi) is 5.38. The first kappa shape index (κ1) is 16.0. The molecular formula is C18H21ClFN. The van der Waals surface area contributed by atoms with Gasteiger partial charge in [0, 0.05) is 11.1 Å². The van der Waals surface area contributed by atoms with Crippen molar-refractivity contribution < 1.29 is 4.39 Å². The third kappa shape index (κ3) is 4.29. The fourth-order valence-electron chi connectivity index (χ4n) is 2.67. The summed E-state index contributed by atoms with van der Waals surface area (Å²) in [6.07, 6.45) is 0.611. The number of benzene rings is 2. The summed E-state index contributed by atoms with van der Waals surface area (Å²) in [5.41, 5.74) is 4.34. The standard InChI is InChI=1S/C18H21ClFN/c1-4-21-18(15-8-12(2)7-13(3)9-15)10-14-5-6-16(19)11-17(14)20/h5-9,11,18,21H,4,10H2,1-3H3. The first-order chi connectivity index (χ1) is 9.99. The Morgan fingerprint density at radius 2 is 1.76 bits per heavy atom. The molecule has 2 aromatic carbocycles. The topological polar surface area (TPSA) is 12.0 Å². The predicted octanol–water partition coefficient (Wildman–Crippen LogP) is 4.99. The highest BCUT2D eigenvalue weighted by atomic mass is 35.5. The number of nitrogens with one attached hydrogen (secondary N) is 1. The fourth-order valence-corrected chi connectivity index (χ4v) is 2.83. The zero-order chi connectivity index (χ0) is 15.4. The minimum absolute atomic E-state index is 0.101. The van der Waals surface area contributed by atoms with Crippen molar-refractivity contribution in [1.82, 2.24) is 5.32 Å². The number of likely N-dealkylation sites (N-methyl/N-ethyl adjacent to an activating group) is 1. The molecule has 0 saturated carbocycles. The summed E-state index contributed by atoms with van der Waals surface area (Å²) in [5.74, 6) is -0.241. The summed E-state index contributed by atoms with van der Waals surface area (Å²) in [5, 5.41) is 3.88. The second-order valence-corrected chi connectivity index (χ2v) is 5.91. The average molecular weight is 306 g/mol. The number of hydrogen-bond donors (Lipinski definition) is 1. The third-order valence-electron chi connectivity index (χ3n) is 3.54. The van der Waals surface area contributed by atoms with Gasteiger partial charge >= 0.3 is 0 Å². The molecule has 1 nitrogen and oxygen atoms in total. The van der Waals surface area contributed by atoms with E-state index in [-0.39, 0.29) is 11.9 Å². The van der Waals surface area contributed by atoms with Crippen LogP contribution >= 0.6 is 11.6 Å². The Hall–Kier alpha value is -1.38. The first-order valence-corrected chi connectivity index (χ1v) is 7.63. The lowest BCUT2D eigenvalue weighted by Gasteiger charge is -2.20. The van der Waals surface area contributed by atoms with Crippen molar-refractivity contribution in [1.29, 1.82) is 0 Å². The molecule has 0 spiro atoms. The van der Waals surface area contributed by atoms with E-state index >= 15 is 0 Å². The normalized spacial score (nSPS) is 12.4. The van der Waals surface area contributed by atoms with E-state index in [0.29, 0.717) is 17.0 Å². The van der Waals surface area contributed by atoms with Crippen LogP contribution in [0, 0.1) is 19.7 Å². The van der Waals surface area contributed by atoms with Crippen molar-refractivity contribution in [2.75, 3.05) is 6.54 Å². The summed E-state index contributed by atoms with van der Waals surface area (Å²) in [4.78, 5) is 0. The van der Waals surface area contributed by atoms with E-state index in [1.54, 1.807) is 12.1 Å². The van der Waals surface area contributed by atoms with Gasteiger partial charge in [-0.1, -0.05) is 53.9 Å². The van der Waals surface area contributed by atoms with Gasteiger partial charge in [-0.25, -0.2) is 4.39 Å². The van der Waals surface area contributed by atoms with Gasteiger partial charge in [-0.15, -0.1) is 0 Å². The lowest BCUT2D eigenvalue weighted by atomic mass is 9.95. The third-order valence-corrected chi connectivity index (χ3v) is 3.77. The minimum atomic E-state index is -0.241. The number of rotatable bonds is 5. The maximum atomic E-state index is 14.0. The second kappa shape index (κ2) is 7.06. The van der Waals surface area contributed by atoms with Gasteiger partial charge in [0.25, 0.3) is 0 Å². The Labute approximate surface area is 131 Å². The van der Waals surface area contributed by atoms with Crippen LogP contribution in [-0.2, 0) is 6.42 Å². The number of hydrogen-bond acceptors (Lipinski definition) is 1. The van der Waals surface area contributed by atoms with Crippen molar-refractivity contribution >= 4 is 11.6 Å². The van der Waals surface area contributed by atoms with Crippen LogP contribution < -0.4 is 5.32 Å². The second-order valence-electron chi connectivity index (χ2n) is 5.47. The molecule has 0 heterocycles. The Balaban J connectivity index is 2.30. The number of halogens is 2. The Bertz CT molecular complexity index is 604. The summed E-state index contributed by atoms with van der Waals surface area (Å²) < 4.78 is 14.0. The molecule has 0 aliphatic rings. The molecule has 3 heteroatoms. The van der Waals surface area contributed by atoms with E-state index in [4.69, 9.17) is 11.6 Å². The predicted molar refractivity (Wildman–Crippen MR) is 87.4 cm³/mol. The fraction of sp³-hybridized carbons (Fsp3) is 0.333. The van der Waals surface area contributed by atoms with E-state index in [0.717, 1.165) is 6.54 Å². The van der Waals surface area contributed by atoms with Crippen LogP contribution in [0.2, 0.25) is 5.02 Å². The summed E-state index contributed by atoms with van der Waals surface area (Å²) >= 11 is 5.82. The molecule has 0 saturated heterocycles. The van der Waals surface area contributed by atoms with Crippen LogP contribution in [0.15, 0.2) is 36.4 Å². The van der Waals surface area contributed by atoms with Gasteiger partial charge in [-0.05, 0) is 50.1 Å². The van der Waals surface area contributed by atoms with Gasteiger partial charge < -0.3 is 5.32 Å². The Morgan fingerprint density at radius 3 is 2.33 bits per heavy atom. The molecule has 0 amide bonds. The van der Waals surface area contributed by atoms with Crippen molar-refractivity contribution in [2.45, 2.75) is 33.2 Å². The van der Waals surface area contributed by atoms with Crippen LogP contribution in [0.1, 0.15) is 35.2 Å². The van der Waals surface area contributed by atoms with Gasteiger partial charge in [-0.2, -0.15) is 0 Å². The van der Waals surface area contributed by atoms with Gasteiger partial charge in [0.05, 0.1) is 0 Å². The molecule has 0 fully saturated rings. The van der Waals surface area contributed by atoms with Crippen LogP contribution in [0.4, 0.5) is 4.39 Å². The molecule has 21 heavy (non-hydrogen) atoms. The molecule has 1 atom stereocenters. The van der Waals surface area contributed by atoms with E-state index in [1.807, 2.05) is 0 Å². The molecule has 0 radical (unpaired) electrons. The lowest BCUT2D eigenvalue weighted by molar-refractivity contribution is 0.527. The van der Waals surface area contributed by atoms with Gasteiger partial charge in [0.1, 0.15) is 5.82 Å². The molecule has 1 unspecified atom stereocenters. The summed E-state index contributed by atoms with van der Waals surface area (Å²) in [6.45, 7) is 7.07. The molecule has 0 aliphatic heterocycles. The molecule has 0 aliphatic carbocycles. The van der Waals surface area contributed by atoms with Gasteiger partial charge in [-0.3, -0.25) is 0 Å². The van der Waals surface area contributed by atoms with E-state index in [2.05, 4.69) is 44.3 Å².